The molecule has 0 bridgehead atoms. The van der Waals surface area contributed by atoms with Gasteiger partial charge in [-0.25, -0.2) is 13.1 Å². The second-order valence-electron chi connectivity index (χ2n) is 4.31. The molecule has 0 aliphatic rings. The van der Waals surface area contributed by atoms with Gasteiger partial charge in [0.2, 0.25) is 15.9 Å². The molecule has 1 rings (SSSR count). The average molecular weight is 395 g/mol. The highest BCUT2D eigenvalue weighted by molar-refractivity contribution is 9.10. The van der Waals surface area contributed by atoms with E-state index in [4.69, 9.17) is 9.47 Å². The first-order valence-electron chi connectivity index (χ1n) is 6.53. The van der Waals surface area contributed by atoms with E-state index in [1.807, 2.05) is 6.92 Å². The maximum atomic E-state index is 12.3. The summed E-state index contributed by atoms with van der Waals surface area (Å²) in [4.78, 5) is 11.5. The molecule has 0 saturated heterocycles. The standard InChI is InChI=1S/C13H19BrN2O5S/c1-4-5-15-13(17)8-16-22(18,19)12-7-11(21-3)10(20-2)6-9(12)14/h6-7,16H,4-5,8H2,1-3H3,(H,15,17). The quantitative estimate of drug-likeness (QED) is 0.692. The van der Waals surface area contributed by atoms with Gasteiger partial charge in [0, 0.05) is 17.1 Å². The van der Waals surface area contributed by atoms with Crippen LogP contribution < -0.4 is 19.5 Å². The lowest BCUT2D eigenvalue weighted by Crippen LogP contribution is -2.37. The number of halogens is 1. The van der Waals surface area contributed by atoms with Crippen molar-refractivity contribution >= 4 is 31.9 Å². The highest BCUT2D eigenvalue weighted by Crippen LogP contribution is 2.35. The minimum atomic E-state index is -3.86. The summed E-state index contributed by atoms with van der Waals surface area (Å²) in [7, 11) is -0.998. The molecule has 0 aliphatic carbocycles. The fourth-order valence-corrected chi connectivity index (χ4v) is 3.62. The molecule has 0 saturated carbocycles. The number of carbonyl (C=O) groups is 1. The smallest absolute Gasteiger partial charge is 0.242 e. The third kappa shape index (κ3) is 4.85. The van der Waals surface area contributed by atoms with Crippen LogP contribution in [0.15, 0.2) is 21.5 Å². The summed E-state index contributed by atoms with van der Waals surface area (Å²) in [5.74, 6) is 0.289. The second-order valence-corrected chi connectivity index (χ2v) is 6.90. The second kappa shape index (κ2) is 8.35. The monoisotopic (exact) mass is 394 g/mol. The Balaban J connectivity index is 2.95. The van der Waals surface area contributed by atoms with Crippen molar-refractivity contribution in [1.29, 1.82) is 0 Å². The zero-order chi connectivity index (χ0) is 16.8. The predicted molar refractivity (Wildman–Crippen MR) is 85.7 cm³/mol. The van der Waals surface area contributed by atoms with Crippen molar-refractivity contribution in [1.82, 2.24) is 10.0 Å². The van der Waals surface area contributed by atoms with Crippen LogP contribution >= 0.6 is 15.9 Å². The van der Waals surface area contributed by atoms with Crippen molar-refractivity contribution in [3.63, 3.8) is 0 Å². The lowest BCUT2D eigenvalue weighted by atomic mass is 10.3. The third-order valence-corrected chi connectivity index (χ3v) is 5.08. The first-order valence-corrected chi connectivity index (χ1v) is 8.81. The molecule has 9 heteroatoms. The molecule has 124 valence electrons. The number of ether oxygens (including phenoxy) is 2. The number of rotatable bonds is 8. The number of hydrogen-bond acceptors (Lipinski definition) is 5. The Kier molecular flexibility index (Phi) is 7.11. The number of carbonyl (C=O) groups excluding carboxylic acids is 1. The third-order valence-electron chi connectivity index (χ3n) is 2.72. The SMILES string of the molecule is CCCNC(=O)CNS(=O)(=O)c1cc(OC)c(OC)cc1Br. The van der Waals surface area contributed by atoms with Crippen molar-refractivity contribution in [2.24, 2.45) is 0 Å². The predicted octanol–water partition coefficient (Wildman–Crippen LogP) is 1.27. The largest absolute Gasteiger partial charge is 0.493 e. The zero-order valence-electron chi connectivity index (χ0n) is 12.6. The van der Waals surface area contributed by atoms with E-state index in [0.29, 0.717) is 16.8 Å². The Morgan fingerprint density at radius 2 is 1.82 bits per heavy atom. The summed E-state index contributed by atoms with van der Waals surface area (Å²) >= 11 is 3.18. The summed E-state index contributed by atoms with van der Waals surface area (Å²) in [6.07, 6.45) is 0.777. The Labute approximate surface area is 138 Å². The van der Waals surface area contributed by atoms with E-state index in [1.165, 1.54) is 26.4 Å². The van der Waals surface area contributed by atoms with Crippen LogP contribution in [0.5, 0.6) is 11.5 Å². The van der Waals surface area contributed by atoms with Gasteiger partial charge in [-0.1, -0.05) is 6.92 Å². The fourth-order valence-electron chi connectivity index (χ4n) is 1.61. The summed E-state index contributed by atoms with van der Waals surface area (Å²) in [5, 5.41) is 2.59. The number of amides is 1. The van der Waals surface area contributed by atoms with E-state index in [9.17, 15) is 13.2 Å². The van der Waals surface area contributed by atoms with Gasteiger partial charge in [-0.3, -0.25) is 4.79 Å². The van der Waals surface area contributed by atoms with Gasteiger partial charge < -0.3 is 14.8 Å². The molecule has 22 heavy (non-hydrogen) atoms. The van der Waals surface area contributed by atoms with Gasteiger partial charge in [0.25, 0.3) is 0 Å². The molecule has 2 N–H and O–H groups in total. The fraction of sp³-hybridized carbons (Fsp3) is 0.462. The average Bonchev–Trinajstić information content (AvgIpc) is 2.50. The molecule has 0 unspecified atom stereocenters. The van der Waals surface area contributed by atoms with Crippen LogP contribution in [0.4, 0.5) is 0 Å². The Bertz CT molecular complexity index is 634. The molecule has 0 radical (unpaired) electrons. The minimum absolute atomic E-state index is 0.0339. The van der Waals surface area contributed by atoms with Gasteiger partial charge in [0.15, 0.2) is 11.5 Å². The number of benzene rings is 1. The zero-order valence-corrected chi connectivity index (χ0v) is 15.0. The molecule has 0 atom stereocenters. The van der Waals surface area contributed by atoms with E-state index in [0.717, 1.165) is 6.42 Å². The van der Waals surface area contributed by atoms with Crippen molar-refractivity contribution in [2.45, 2.75) is 18.2 Å². The number of hydrogen-bond donors (Lipinski definition) is 2. The molecule has 0 spiro atoms. The van der Waals surface area contributed by atoms with Crippen molar-refractivity contribution in [3.8, 4) is 11.5 Å². The normalized spacial score (nSPS) is 11.1. The molecule has 7 nitrogen and oxygen atoms in total. The lowest BCUT2D eigenvalue weighted by Gasteiger charge is -2.13. The first kappa shape index (κ1) is 18.7. The van der Waals surface area contributed by atoms with Gasteiger partial charge in [-0.05, 0) is 28.4 Å². The molecular weight excluding hydrogens is 376 g/mol. The van der Waals surface area contributed by atoms with Crippen LogP contribution in [0.25, 0.3) is 0 Å². The van der Waals surface area contributed by atoms with Gasteiger partial charge in [-0.15, -0.1) is 0 Å². The Hall–Kier alpha value is -1.32. The van der Waals surface area contributed by atoms with E-state index < -0.39 is 10.0 Å². The van der Waals surface area contributed by atoms with Crippen LogP contribution in [0, 0.1) is 0 Å². The van der Waals surface area contributed by atoms with Gasteiger partial charge in [-0.2, -0.15) is 0 Å². The molecule has 0 aromatic heterocycles. The first-order chi connectivity index (χ1) is 10.4. The topological polar surface area (TPSA) is 93.7 Å². The lowest BCUT2D eigenvalue weighted by molar-refractivity contribution is -0.119. The van der Waals surface area contributed by atoms with E-state index in [1.54, 1.807) is 0 Å². The summed E-state index contributed by atoms with van der Waals surface area (Å²) in [5.41, 5.74) is 0. The van der Waals surface area contributed by atoms with Crippen molar-refractivity contribution < 1.29 is 22.7 Å². The van der Waals surface area contributed by atoms with Gasteiger partial charge in [0.05, 0.1) is 20.8 Å². The number of nitrogens with one attached hydrogen (secondary N) is 2. The molecule has 1 aromatic carbocycles. The van der Waals surface area contributed by atoms with Crippen LogP contribution in [0.1, 0.15) is 13.3 Å². The van der Waals surface area contributed by atoms with Crippen molar-refractivity contribution in [3.05, 3.63) is 16.6 Å². The van der Waals surface area contributed by atoms with E-state index in [2.05, 4.69) is 26.0 Å². The number of sulfonamides is 1. The molecule has 0 aliphatic heterocycles. The summed E-state index contributed by atoms with van der Waals surface area (Å²) in [6, 6.07) is 2.82. The highest BCUT2D eigenvalue weighted by atomic mass is 79.9. The summed E-state index contributed by atoms with van der Waals surface area (Å²) < 4.78 is 37.3. The Morgan fingerprint density at radius 1 is 1.23 bits per heavy atom. The maximum Gasteiger partial charge on any atom is 0.242 e. The van der Waals surface area contributed by atoms with Crippen LogP contribution in [0.2, 0.25) is 0 Å². The van der Waals surface area contributed by atoms with Gasteiger partial charge >= 0.3 is 0 Å². The van der Waals surface area contributed by atoms with E-state index in [-0.39, 0.29) is 23.1 Å². The van der Waals surface area contributed by atoms with Crippen LogP contribution in [-0.2, 0) is 14.8 Å². The highest BCUT2D eigenvalue weighted by Gasteiger charge is 2.21. The molecule has 1 amide bonds. The molecule has 1 aromatic rings. The van der Waals surface area contributed by atoms with Crippen LogP contribution in [-0.4, -0.2) is 41.6 Å². The molecular formula is C13H19BrN2O5S. The van der Waals surface area contributed by atoms with Crippen LogP contribution in [0.3, 0.4) is 0 Å². The van der Waals surface area contributed by atoms with Gasteiger partial charge in [0.1, 0.15) is 4.90 Å². The molecule has 0 heterocycles. The summed E-state index contributed by atoms with van der Waals surface area (Å²) in [6.45, 7) is 2.08. The molecule has 0 fully saturated rings. The maximum absolute atomic E-state index is 12.3. The van der Waals surface area contributed by atoms with E-state index >= 15 is 0 Å². The Morgan fingerprint density at radius 3 is 2.36 bits per heavy atom. The number of methoxy groups -OCH3 is 2. The minimum Gasteiger partial charge on any atom is -0.493 e. The van der Waals surface area contributed by atoms with Crippen molar-refractivity contribution in [2.75, 3.05) is 27.3 Å².